The quantitative estimate of drug-likeness (QED) is 0.309. The number of phenolic OH excluding ortho intramolecular Hbond substituents is 1. The molecule has 0 aromatic heterocycles. The van der Waals surface area contributed by atoms with E-state index in [1.807, 2.05) is 12.1 Å². The zero-order valence-electron chi connectivity index (χ0n) is 17.6. The summed E-state index contributed by atoms with van der Waals surface area (Å²) in [5, 5.41) is 12.9. The van der Waals surface area contributed by atoms with Crippen LogP contribution < -0.4 is 15.0 Å². The highest BCUT2D eigenvalue weighted by Gasteiger charge is 2.34. The van der Waals surface area contributed by atoms with Crippen molar-refractivity contribution >= 4 is 40.9 Å². The average Bonchev–Trinajstić information content (AvgIpc) is 2.73. The van der Waals surface area contributed by atoms with E-state index in [0.29, 0.717) is 29.2 Å². The molecule has 2 N–H and O–H groups in total. The van der Waals surface area contributed by atoms with Crippen LogP contribution in [0.2, 0.25) is 0 Å². The lowest BCUT2D eigenvalue weighted by Crippen LogP contribution is -2.54. The van der Waals surface area contributed by atoms with Gasteiger partial charge >= 0.3 is 0 Å². The number of nitrogens with one attached hydrogen (secondary N) is 1. The van der Waals surface area contributed by atoms with Crippen LogP contribution >= 0.6 is 12.2 Å². The molecule has 160 valence electrons. The van der Waals surface area contributed by atoms with Gasteiger partial charge in [0.15, 0.2) is 16.6 Å². The monoisotopic (exact) mass is 436 g/mol. The van der Waals surface area contributed by atoms with Gasteiger partial charge in [0.25, 0.3) is 11.8 Å². The lowest BCUT2D eigenvalue weighted by atomic mass is 10.0. The third-order valence-electron chi connectivity index (χ3n) is 4.99. The summed E-state index contributed by atoms with van der Waals surface area (Å²) in [5.74, 6) is -0.517. The minimum absolute atomic E-state index is 0.00276. The number of allylic oxidation sites excluding steroid dienone is 1. The molecule has 1 aliphatic heterocycles. The van der Waals surface area contributed by atoms with Gasteiger partial charge in [0.2, 0.25) is 0 Å². The molecule has 1 aliphatic rings. The van der Waals surface area contributed by atoms with Crippen molar-refractivity contribution in [3.63, 3.8) is 0 Å². The molecular weight excluding hydrogens is 412 g/mol. The molecule has 0 spiro atoms. The highest BCUT2D eigenvalue weighted by molar-refractivity contribution is 7.80. The van der Waals surface area contributed by atoms with Gasteiger partial charge in [-0.15, -0.1) is 6.58 Å². The fourth-order valence-electron chi connectivity index (χ4n) is 3.31. The number of rotatable bonds is 6. The fourth-order valence-corrected chi connectivity index (χ4v) is 3.59. The maximum atomic E-state index is 13.2. The zero-order chi connectivity index (χ0) is 22.7. The predicted molar refractivity (Wildman–Crippen MR) is 125 cm³/mol. The smallest absolute Gasteiger partial charge is 0.270 e. The van der Waals surface area contributed by atoms with Gasteiger partial charge in [0.05, 0.1) is 12.8 Å². The summed E-state index contributed by atoms with van der Waals surface area (Å²) < 4.78 is 5.22. The molecule has 7 heteroatoms. The van der Waals surface area contributed by atoms with Crippen LogP contribution in [0.15, 0.2) is 54.6 Å². The van der Waals surface area contributed by atoms with Crippen LogP contribution in [0.1, 0.15) is 36.5 Å². The first-order chi connectivity index (χ1) is 14.8. The van der Waals surface area contributed by atoms with E-state index >= 15 is 0 Å². The molecule has 2 aromatic carbocycles. The predicted octanol–water partition coefficient (Wildman–Crippen LogP) is 4.08. The molecular formula is C24H24N2O4S. The summed E-state index contributed by atoms with van der Waals surface area (Å²) in [7, 11) is 1.43. The molecule has 6 nitrogen and oxygen atoms in total. The molecule has 2 amide bonds. The van der Waals surface area contributed by atoms with Crippen molar-refractivity contribution in [1.82, 2.24) is 5.32 Å². The van der Waals surface area contributed by atoms with Crippen molar-refractivity contribution in [1.29, 1.82) is 0 Å². The number of nitrogens with zero attached hydrogens (tertiary/aromatic N) is 1. The lowest BCUT2D eigenvalue weighted by molar-refractivity contribution is -0.122. The normalized spacial score (nSPS) is 15.4. The first kappa shape index (κ1) is 22.2. The van der Waals surface area contributed by atoms with E-state index in [4.69, 9.17) is 17.0 Å². The minimum atomic E-state index is -0.581. The van der Waals surface area contributed by atoms with Gasteiger partial charge < -0.3 is 9.84 Å². The molecule has 0 unspecified atom stereocenters. The number of aromatic hydroxyl groups is 1. The molecule has 0 saturated carbocycles. The van der Waals surface area contributed by atoms with E-state index in [2.05, 4.69) is 25.7 Å². The lowest BCUT2D eigenvalue weighted by Gasteiger charge is -2.29. The van der Waals surface area contributed by atoms with Crippen LogP contribution in [-0.4, -0.2) is 29.1 Å². The number of amides is 2. The number of anilines is 1. The minimum Gasteiger partial charge on any atom is -0.504 e. The summed E-state index contributed by atoms with van der Waals surface area (Å²) in [5.41, 5.74) is 2.74. The first-order valence-corrected chi connectivity index (χ1v) is 10.2. The standard InChI is InChI=1S/C24H24N2O4S/c1-5-6-17-11-15(13-20(30-4)21(17)27)12-19-22(28)25-24(31)26(23(19)29)18-9-7-16(8-10-18)14(2)3/h5,7-14,27H,1,6H2,2-4H3,(H,25,28,31)/b19-12+. The van der Waals surface area contributed by atoms with Crippen LogP contribution in [0.4, 0.5) is 5.69 Å². The summed E-state index contributed by atoms with van der Waals surface area (Å²) in [4.78, 5) is 27.1. The molecule has 1 heterocycles. The van der Waals surface area contributed by atoms with Crippen LogP contribution in [0.5, 0.6) is 11.5 Å². The SMILES string of the molecule is C=CCc1cc(/C=C2\C(=O)NC(=S)N(c3ccc(C(C)C)cc3)C2=O)cc(OC)c1O. The largest absolute Gasteiger partial charge is 0.504 e. The molecule has 1 fully saturated rings. The molecule has 0 aliphatic carbocycles. The van der Waals surface area contributed by atoms with Crippen molar-refractivity contribution in [2.45, 2.75) is 26.2 Å². The zero-order valence-corrected chi connectivity index (χ0v) is 18.5. The molecule has 1 saturated heterocycles. The maximum Gasteiger partial charge on any atom is 0.270 e. The average molecular weight is 437 g/mol. The Morgan fingerprint density at radius 3 is 2.48 bits per heavy atom. The van der Waals surface area contributed by atoms with Crippen LogP contribution in [0.3, 0.4) is 0 Å². The van der Waals surface area contributed by atoms with Crippen LogP contribution in [-0.2, 0) is 16.0 Å². The Kier molecular flexibility index (Phi) is 6.56. The Morgan fingerprint density at radius 2 is 1.90 bits per heavy atom. The number of ether oxygens (including phenoxy) is 1. The topological polar surface area (TPSA) is 78.9 Å². The molecule has 0 bridgehead atoms. The Labute approximate surface area is 186 Å². The highest BCUT2D eigenvalue weighted by atomic mass is 32.1. The Morgan fingerprint density at radius 1 is 1.23 bits per heavy atom. The van der Waals surface area contributed by atoms with Gasteiger partial charge in [-0.3, -0.25) is 19.8 Å². The van der Waals surface area contributed by atoms with Crippen molar-refractivity contribution in [2.24, 2.45) is 0 Å². The van der Waals surface area contributed by atoms with E-state index in [1.54, 1.807) is 30.3 Å². The molecule has 0 radical (unpaired) electrons. The fraction of sp³-hybridized carbons (Fsp3) is 0.208. The van der Waals surface area contributed by atoms with Gasteiger partial charge in [-0.1, -0.05) is 32.1 Å². The Balaban J connectivity index is 2.03. The third kappa shape index (κ3) is 4.51. The van der Waals surface area contributed by atoms with E-state index in [9.17, 15) is 14.7 Å². The molecule has 3 rings (SSSR count). The van der Waals surface area contributed by atoms with Gasteiger partial charge in [0.1, 0.15) is 5.57 Å². The second-order valence-electron chi connectivity index (χ2n) is 7.43. The van der Waals surface area contributed by atoms with Gasteiger partial charge in [-0.2, -0.15) is 0 Å². The number of phenols is 1. The number of benzene rings is 2. The number of carbonyl (C=O) groups excluding carboxylic acids is 2. The van der Waals surface area contributed by atoms with Crippen molar-refractivity contribution in [3.8, 4) is 11.5 Å². The van der Waals surface area contributed by atoms with Crippen molar-refractivity contribution < 1.29 is 19.4 Å². The number of thiocarbonyl (C=S) groups is 1. The first-order valence-electron chi connectivity index (χ1n) is 9.79. The van der Waals surface area contributed by atoms with E-state index in [-0.39, 0.29) is 22.2 Å². The summed E-state index contributed by atoms with van der Waals surface area (Å²) in [6.45, 7) is 7.85. The Hall–Kier alpha value is -3.45. The molecule has 2 aromatic rings. The summed E-state index contributed by atoms with van der Waals surface area (Å²) in [6.07, 6.45) is 3.51. The van der Waals surface area contributed by atoms with Gasteiger partial charge in [0, 0.05) is 5.56 Å². The highest BCUT2D eigenvalue weighted by Crippen LogP contribution is 2.33. The van der Waals surface area contributed by atoms with Crippen molar-refractivity contribution in [3.05, 3.63) is 71.3 Å². The number of carbonyl (C=O) groups is 2. The third-order valence-corrected chi connectivity index (χ3v) is 5.28. The van der Waals surface area contributed by atoms with E-state index < -0.39 is 11.8 Å². The number of hydrogen-bond acceptors (Lipinski definition) is 5. The van der Waals surface area contributed by atoms with Crippen LogP contribution in [0.25, 0.3) is 6.08 Å². The van der Waals surface area contributed by atoms with Crippen LogP contribution in [0, 0.1) is 0 Å². The molecule has 0 atom stereocenters. The van der Waals surface area contributed by atoms with E-state index in [1.165, 1.54) is 18.1 Å². The second kappa shape index (κ2) is 9.14. The Bertz CT molecular complexity index is 1090. The van der Waals surface area contributed by atoms with E-state index in [0.717, 1.165) is 5.56 Å². The van der Waals surface area contributed by atoms with Gasteiger partial charge in [-0.05, 0) is 66.0 Å². The summed E-state index contributed by atoms with van der Waals surface area (Å²) >= 11 is 5.26. The summed E-state index contributed by atoms with van der Waals surface area (Å²) in [6, 6.07) is 10.7. The number of methoxy groups -OCH3 is 1. The van der Waals surface area contributed by atoms with Crippen molar-refractivity contribution in [2.75, 3.05) is 12.0 Å². The maximum absolute atomic E-state index is 13.2. The second-order valence-corrected chi connectivity index (χ2v) is 7.81. The van der Waals surface area contributed by atoms with Gasteiger partial charge in [-0.25, -0.2) is 0 Å². The number of hydrogen-bond donors (Lipinski definition) is 2. The molecule has 31 heavy (non-hydrogen) atoms.